The summed E-state index contributed by atoms with van der Waals surface area (Å²) >= 11 is 0. The van der Waals surface area contributed by atoms with E-state index in [-0.39, 0.29) is 0 Å². The van der Waals surface area contributed by atoms with Gasteiger partial charge in [-0.1, -0.05) is 19.8 Å². The number of unbranched alkanes of at least 4 members (excludes halogenated alkanes) is 2. The number of hydrogen-bond donors (Lipinski definition) is 1. The molecule has 0 aromatic heterocycles. The van der Waals surface area contributed by atoms with Gasteiger partial charge in [0.2, 0.25) is 0 Å². The van der Waals surface area contributed by atoms with Crippen molar-refractivity contribution < 1.29 is 4.21 Å². The zero-order valence-corrected chi connectivity index (χ0v) is 7.45. The van der Waals surface area contributed by atoms with E-state index >= 15 is 0 Å². The molecule has 0 bridgehead atoms. The van der Waals surface area contributed by atoms with Gasteiger partial charge in [-0.3, -0.25) is 4.21 Å². The third kappa shape index (κ3) is 6.23. The van der Waals surface area contributed by atoms with Crippen LogP contribution in [0.25, 0.3) is 0 Å². The molecule has 0 amide bonds. The van der Waals surface area contributed by atoms with Gasteiger partial charge in [-0.15, -0.1) is 0 Å². The molecule has 1 atom stereocenters. The van der Waals surface area contributed by atoms with Crippen molar-refractivity contribution in [2.75, 3.05) is 18.1 Å². The fourth-order valence-corrected chi connectivity index (χ4v) is 1.74. The van der Waals surface area contributed by atoms with Crippen molar-refractivity contribution in [3.05, 3.63) is 0 Å². The first-order valence-corrected chi connectivity index (χ1v) is 5.35. The van der Waals surface area contributed by atoms with Crippen molar-refractivity contribution in [3.63, 3.8) is 0 Å². The van der Waals surface area contributed by atoms with E-state index in [0.717, 1.165) is 12.2 Å². The Hall–Kier alpha value is 0.110. The van der Waals surface area contributed by atoms with Crippen LogP contribution in [-0.4, -0.2) is 22.3 Å². The maximum absolute atomic E-state index is 10.9. The summed E-state index contributed by atoms with van der Waals surface area (Å²) in [6, 6.07) is 0. The standard InChI is InChI=1S/C7H17NOS/c1-2-3-4-6-10(9)7-5-8/h2-8H2,1H3. The van der Waals surface area contributed by atoms with Gasteiger partial charge in [-0.05, 0) is 6.42 Å². The van der Waals surface area contributed by atoms with Gasteiger partial charge < -0.3 is 5.73 Å². The smallest absolute Gasteiger partial charge is 0.0357 e. The fraction of sp³-hybridized carbons (Fsp3) is 1.00. The number of hydrogen-bond acceptors (Lipinski definition) is 2. The molecule has 0 fully saturated rings. The van der Waals surface area contributed by atoms with Crippen molar-refractivity contribution in [3.8, 4) is 0 Å². The van der Waals surface area contributed by atoms with Crippen LogP contribution in [0, 0.1) is 0 Å². The summed E-state index contributed by atoms with van der Waals surface area (Å²) in [5, 5.41) is 0. The molecular weight excluding hydrogens is 146 g/mol. The highest BCUT2D eigenvalue weighted by Gasteiger charge is 1.95. The van der Waals surface area contributed by atoms with Crippen molar-refractivity contribution >= 4 is 10.8 Å². The highest BCUT2D eigenvalue weighted by Crippen LogP contribution is 1.95. The average molecular weight is 163 g/mol. The van der Waals surface area contributed by atoms with E-state index in [4.69, 9.17) is 5.73 Å². The second-order valence-electron chi connectivity index (χ2n) is 2.34. The van der Waals surface area contributed by atoms with Crippen molar-refractivity contribution in [1.82, 2.24) is 0 Å². The molecule has 1 unspecified atom stereocenters. The number of rotatable bonds is 6. The maximum atomic E-state index is 10.9. The van der Waals surface area contributed by atoms with E-state index in [9.17, 15) is 4.21 Å². The Bertz CT molecular complexity index is 95.6. The molecule has 0 heterocycles. The number of nitrogens with two attached hydrogens (primary N) is 1. The quantitative estimate of drug-likeness (QED) is 0.591. The highest BCUT2D eigenvalue weighted by molar-refractivity contribution is 7.84. The zero-order chi connectivity index (χ0) is 7.82. The van der Waals surface area contributed by atoms with E-state index in [0.29, 0.717) is 12.3 Å². The van der Waals surface area contributed by atoms with Crippen LogP contribution in [0.4, 0.5) is 0 Å². The van der Waals surface area contributed by atoms with Gasteiger partial charge in [-0.2, -0.15) is 0 Å². The summed E-state index contributed by atoms with van der Waals surface area (Å²) in [7, 11) is -0.647. The summed E-state index contributed by atoms with van der Waals surface area (Å²) in [4.78, 5) is 0. The third-order valence-corrected chi connectivity index (χ3v) is 2.76. The van der Waals surface area contributed by atoms with Gasteiger partial charge in [-0.25, -0.2) is 0 Å². The summed E-state index contributed by atoms with van der Waals surface area (Å²) in [6.45, 7) is 2.70. The van der Waals surface area contributed by atoms with Crippen LogP contribution < -0.4 is 5.73 Å². The molecule has 0 radical (unpaired) electrons. The van der Waals surface area contributed by atoms with Crippen LogP contribution in [0.5, 0.6) is 0 Å². The first-order chi connectivity index (χ1) is 4.81. The predicted octanol–water partition coefficient (Wildman–Crippen LogP) is 0.884. The van der Waals surface area contributed by atoms with Crippen LogP contribution in [0.2, 0.25) is 0 Å². The summed E-state index contributed by atoms with van der Waals surface area (Å²) < 4.78 is 10.9. The van der Waals surface area contributed by atoms with Crippen molar-refractivity contribution in [2.24, 2.45) is 5.73 Å². The van der Waals surface area contributed by atoms with E-state index < -0.39 is 10.8 Å². The Morgan fingerprint density at radius 2 is 2.00 bits per heavy atom. The SMILES string of the molecule is CCCCCS(=O)CCN. The lowest BCUT2D eigenvalue weighted by atomic mass is 10.3. The molecule has 0 spiro atoms. The summed E-state index contributed by atoms with van der Waals surface area (Å²) in [5.74, 6) is 1.51. The lowest BCUT2D eigenvalue weighted by Gasteiger charge is -1.97. The van der Waals surface area contributed by atoms with Gasteiger partial charge in [0.15, 0.2) is 0 Å². The van der Waals surface area contributed by atoms with E-state index in [1.165, 1.54) is 12.8 Å². The molecule has 2 nitrogen and oxygen atoms in total. The minimum absolute atomic E-state index is 0.554. The van der Waals surface area contributed by atoms with Crippen LogP contribution >= 0.6 is 0 Å². The van der Waals surface area contributed by atoms with Gasteiger partial charge >= 0.3 is 0 Å². The van der Waals surface area contributed by atoms with Crippen LogP contribution in [0.1, 0.15) is 26.2 Å². The molecule has 2 N–H and O–H groups in total. The largest absolute Gasteiger partial charge is 0.330 e. The zero-order valence-electron chi connectivity index (χ0n) is 6.64. The Kier molecular flexibility index (Phi) is 7.30. The molecule has 62 valence electrons. The van der Waals surface area contributed by atoms with E-state index in [1.54, 1.807) is 0 Å². The normalized spacial score (nSPS) is 13.4. The molecule has 0 aromatic carbocycles. The Morgan fingerprint density at radius 1 is 1.30 bits per heavy atom. The molecule has 0 aliphatic rings. The highest BCUT2D eigenvalue weighted by atomic mass is 32.2. The van der Waals surface area contributed by atoms with E-state index in [1.807, 2.05) is 0 Å². The Labute approximate surface area is 65.6 Å². The third-order valence-electron chi connectivity index (χ3n) is 1.32. The lowest BCUT2D eigenvalue weighted by Crippen LogP contribution is -2.12. The minimum atomic E-state index is -0.647. The molecule has 3 heteroatoms. The molecule has 0 aliphatic heterocycles. The molecule has 0 saturated heterocycles. The van der Waals surface area contributed by atoms with E-state index in [2.05, 4.69) is 6.92 Å². The molecular formula is C7H17NOS. The molecule has 0 aromatic rings. The molecule has 0 rings (SSSR count). The van der Waals surface area contributed by atoms with Crippen molar-refractivity contribution in [1.29, 1.82) is 0 Å². The van der Waals surface area contributed by atoms with Gasteiger partial charge in [0, 0.05) is 28.9 Å². The maximum Gasteiger partial charge on any atom is 0.0357 e. The molecule has 10 heavy (non-hydrogen) atoms. The fourth-order valence-electron chi connectivity index (χ4n) is 0.747. The average Bonchev–Trinajstić information content (AvgIpc) is 1.89. The van der Waals surface area contributed by atoms with Crippen LogP contribution in [-0.2, 0) is 10.8 Å². The first-order valence-electron chi connectivity index (χ1n) is 3.86. The topological polar surface area (TPSA) is 43.1 Å². The van der Waals surface area contributed by atoms with Crippen LogP contribution in [0.3, 0.4) is 0 Å². The summed E-state index contributed by atoms with van der Waals surface area (Å²) in [5.41, 5.74) is 5.24. The van der Waals surface area contributed by atoms with Gasteiger partial charge in [0.05, 0.1) is 0 Å². The Morgan fingerprint density at radius 3 is 2.50 bits per heavy atom. The Balaban J connectivity index is 3.05. The monoisotopic (exact) mass is 163 g/mol. The molecule has 0 saturated carbocycles. The first kappa shape index (κ1) is 10.1. The predicted molar refractivity (Wildman–Crippen MR) is 46.5 cm³/mol. The second-order valence-corrected chi connectivity index (χ2v) is 4.04. The van der Waals surface area contributed by atoms with Crippen LogP contribution in [0.15, 0.2) is 0 Å². The minimum Gasteiger partial charge on any atom is -0.330 e. The van der Waals surface area contributed by atoms with Gasteiger partial charge in [0.1, 0.15) is 0 Å². The molecule has 0 aliphatic carbocycles. The summed E-state index contributed by atoms with van der Waals surface area (Å²) in [6.07, 6.45) is 3.47. The lowest BCUT2D eigenvalue weighted by molar-refractivity contribution is 0.676. The second kappa shape index (κ2) is 7.22. The van der Waals surface area contributed by atoms with Gasteiger partial charge in [0.25, 0.3) is 0 Å². The van der Waals surface area contributed by atoms with Crippen molar-refractivity contribution in [2.45, 2.75) is 26.2 Å².